The number of hydrogen-bond acceptors (Lipinski definition) is 6. The van der Waals surface area contributed by atoms with E-state index in [1.54, 1.807) is 35.4 Å². The Balaban J connectivity index is 1.83. The van der Waals surface area contributed by atoms with Crippen molar-refractivity contribution >= 4 is 52.4 Å². The fourth-order valence-corrected chi connectivity index (χ4v) is 5.87. The van der Waals surface area contributed by atoms with Gasteiger partial charge in [0.2, 0.25) is 0 Å². The van der Waals surface area contributed by atoms with Gasteiger partial charge in [0.15, 0.2) is 4.80 Å². The van der Waals surface area contributed by atoms with Crippen molar-refractivity contribution in [2.75, 3.05) is 12.9 Å². The largest absolute Gasteiger partial charge is 0.463 e. The second-order valence-corrected chi connectivity index (χ2v) is 10.5. The van der Waals surface area contributed by atoms with Crippen LogP contribution in [0.4, 0.5) is 0 Å². The highest BCUT2D eigenvalue weighted by atomic mass is 35.5. The molecule has 37 heavy (non-hydrogen) atoms. The van der Waals surface area contributed by atoms with Gasteiger partial charge in [0.25, 0.3) is 5.56 Å². The third kappa shape index (κ3) is 4.94. The van der Waals surface area contributed by atoms with Crippen molar-refractivity contribution < 1.29 is 9.53 Å². The molecule has 8 heteroatoms. The number of ether oxygens (including phenoxy) is 1. The number of fused-ring (bicyclic) bond motifs is 1. The molecule has 0 unspecified atom stereocenters. The van der Waals surface area contributed by atoms with Crippen LogP contribution in [-0.4, -0.2) is 23.4 Å². The number of esters is 1. The Bertz CT molecular complexity index is 1670. The molecular formula is C29H23ClN2O3S2. The quantitative estimate of drug-likeness (QED) is 0.243. The average molecular weight is 547 g/mol. The van der Waals surface area contributed by atoms with E-state index >= 15 is 0 Å². The summed E-state index contributed by atoms with van der Waals surface area (Å²) in [4.78, 5) is 33.8. The van der Waals surface area contributed by atoms with E-state index in [1.165, 1.54) is 11.3 Å². The highest BCUT2D eigenvalue weighted by Gasteiger charge is 2.35. The van der Waals surface area contributed by atoms with Crippen molar-refractivity contribution in [1.29, 1.82) is 0 Å². The Morgan fingerprint density at radius 1 is 1.08 bits per heavy atom. The molecule has 4 aromatic rings. The van der Waals surface area contributed by atoms with E-state index in [1.807, 2.05) is 79.1 Å². The molecule has 5 nitrogen and oxygen atoms in total. The normalized spacial score (nSPS) is 15.3. The third-order valence-electron chi connectivity index (χ3n) is 6.00. The minimum Gasteiger partial charge on any atom is -0.463 e. The lowest BCUT2D eigenvalue weighted by Gasteiger charge is -2.26. The lowest BCUT2D eigenvalue weighted by Crippen LogP contribution is -2.40. The molecule has 1 atom stereocenters. The maximum absolute atomic E-state index is 13.9. The molecule has 2 heterocycles. The number of carbonyl (C=O) groups excluding carboxylic acids is 1. The molecule has 3 aromatic carbocycles. The Kier molecular flexibility index (Phi) is 7.46. The van der Waals surface area contributed by atoms with Gasteiger partial charge >= 0.3 is 5.97 Å². The zero-order valence-electron chi connectivity index (χ0n) is 20.2. The summed E-state index contributed by atoms with van der Waals surface area (Å²) in [5, 5.41) is 0.551. The molecule has 0 fully saturated rings. The first-order chi connectivity index (χ1) is 18.0. The van der Waals surface area contributed by atoms with Crippen LogP contribution in [0.15, 0.2) is 99.1 Å². The number of aromatic nitrogens is 1. The van der Waals surface area contributed by atoms with E-state index in [-0.39, 0.29) is 12.2 Å². The lowest BCUT2D eigenvalue weighted by atomic mass is 9.93. The summed E-state index contributed by atoms with van der Waals surface area (Å²) >= 11 is 9.28. The number of thioether (sulfide) groups is 1. The minimum absolute atomic E-state index is 0.208. The minimum atomic E-state index is -0.699. The topological polar surface area (TPSA) is 60.7 Å². The number of benzene rings is 3. The van der Waals surface area contributed by atoms with Crippen LogP contribution < -0.4 is 14.9 Å². The van der Waals surface area contributed by atoms with E-state index in [0.29, 0.717) is 25.6 Å². The summed E-state index contributed by atoms with van der Waals surface area (Å²) in [6.45, 7) is 1.97. The van der Waals surface area contributed by atoms with Crippen LogP contribution in [0, 0.1) is 0 Å². The Morgan fingerprint density at radius 3 is 2.46 bits per heavy atom. The lowest BCUT2D eigenvalue weighted by molar-refractivity contribution is -0.138. The van der Waals surface area contributed by atoms with Crippen molar-refractivity contribution in [1.82, 2.24) is 4.57 Å². The van der Waals surface area contributed by atoms with Crippen LogP contribution in [-0.2, 0) is 9.53 Å². The average Bonchev–Trinajstić information content (AvgIpc) is 3.24. The first-order valence-electron chi connectivity index (χ1n) is 11.7. The van der Waals surface area contributed by atoms with Gasteiger partial charge in [0.05, 0.1) is 28.5 Å². The van der Waals surface area contributed by atoms with Crippen molar-refractivity contribution in [3.8, 4) is 0 Å². The van der Waals surface area contributed by atoms with Crippen molar-refractivity contribution in [3.63, 3.8) is 0 Å². The molecule has 0 radical (unpaired) electrons. The summed E-state index contributed by atoms with van der Waals surface area (Å²) in [6.07, 6.45) is 3.78. The van der Waals surface area contributed by atoms with Crippen LogP contribution >= 0.6 is 34.7 Å². The zero-order valence-corrected chi connectivity index (χ0v) is 22.6. The first-order valence-corrected chi connectivity index (χ1v) is 14.1. The summed E-state index contributed by atoms with van der Waals surface area (Å²) in [5.41, 5.74) is 2.92. The summed E-state index contributed by atoms with van der Waals surface area (Å²) in [5.74, 6) is -0.496. The van der Waals surface area contributed by atoms with Crippen LogP contribution in [0.3, 0.4) is 0 Å². The van der Waals surface area contributed by atoms with Gasteiger partial charge in [-0.1, -0.05) is 83.6 Å². The molecule has 5 rings (SSSR count). The second kappa shape index (κ2) is 10.9. The van der Waals surface area contributed by atoms with Crippen LogP contribution in [0.5, 0.6) is 0 Å². The SMILES string of the molecule is CCOC(=O)C1=C(c2ccccc2)N=c2s/c(=C/c3ccccc3Cl)c(=O)n2[C@H]1c1ccc(SC)cc1. The van der Waals surface area contributed by atoms with Crippen LogP contribution in [0.2, 0.25) is 5.02 Å². The second-order valence-electron chi connectivity index (χ2n) is 8.23. The molecular weight excluding hydrogens is 524 g/mol. The molecule has 0 spiro atoms. The van der Waals surface area contributed by atoms with E-state index in [2.05, 4.69) is 0 Å². The van der Waals surface area contributed by atoms with Gasteiger partial charge in [-0.2, -0.15) is 0 Å². The Morgan fingerprint density at radius 2 is 1.78 bits per heavy atom. The number of carbonyl (C=O) groups is 1. The fraction of sp³-hybridized carbons (Fsp3) is 0.138. The number of thiazole rings is 1. The van der Waals surface area contributed by atoms with Gasteiger partial charge in [-0.15, -0.1) is 11.8 Å². The number of rotatable bonds is 6. The number of nitrogens with zero attached hydrogens (tertiary/aromatic N) is 2. The first kappa shape index (κ1) is 25.3. The Hall–Kier alpha value is -3.39. The van der Waals surface area contributed by atoms with Gasteiger partial charge in [0, 0.05) is 15.5 Å². The fourth-order valence-electron chi connectivity index (χ4n) is 4.28. The van der Waals surface area contributed by atoms with Gasteiger partial charge in [-0.05, 0) is 48.6 Å². The standard InChI is InChI=1S/C29H23ClN2O3S2/c1-3-35-28(34)24-25(18-9-5-4-6-10-18)31-29-32(26(24)19-13-15-21(36-2)16-14-19)27(33)23(37-29)17-20-11-7-8-12-22(20)30/h4-17,26H,3H2,1-2H3/b23-17+/t26-/m0/s1. The van der Waals surface area contributed by atoms with Crippen molar-refractivity contribution in [2.24, 2.45) is 4.99 Å². The summed E-state index contributed by atoms with van der Waals surface area (Å²) < 4.78 is 7.58. The van der Waals surface area contributed by atoms with Crippen molar-refractivity contribution in [2.45, 2.75) is 17.9 Å². The van der Waals surface area contributed by atoms with Crippen LogP contribution in [0.1, 0.15) is 29.7 Å². The molecule has 0 bridgehead atoms. The molecule has 0 N–H and O–H groups in total. The highest BCUT2D eigenvalue weighted by molar-refractivity contribution is 7.98. The summed E-state index contributed by atoms with van der Waals surface area (Å²) in [7, 11) is 0. The van der Waals surface area contributed by atoms with Crippen molar-refractivity contribution in [3.05, 3.63) is 126 Å². The smallest absolute Gasteiger partial charge is 0.338 e. The molecule has 1 aliphatic heterocycles. The van der Waals surface area contributed by atoms with Crippen LogP contribution in [0.25, 0.3) is 11.8 Å². The van der Waals surface area contributed by atoms with Gasteiger partial charge in [-0.3, -0.25) is 9.36 Å². The molecule has 1 aliphatic rings. The van der Waals surface area contributed by atoms with E-state index in [9.17, 15) is 9.59 Å². The Labute approximate surface area is 227 Å². The molecule has 0 saturated carbocycles. The van der Waals surface area contributed by atoms with E-state index in [0.717, 1.165) is 21.6 Å². The van der Waals surface area contributed by atoms with Gasteiger partial charge in [0.1, 0.15) is 0 Å². The molecule has 0 amide bonds. The molecule has 0 aliphatic carbocycles. The van der Waals surface area contributed by atoms with Gasteiger partial charge < -0.3 is 4.74 Å². The monoisotopic (exact) mass is 546 g/mol. The van der Waals surface area contributed by atoms with E-state index < -0.39 is 12.0 Å². The number of hydrogen-bond donors (Lipinski definition) is 0. The molecule has 186 valence electrons. The van der Waals surface area contributed by atoms with Gasteiger partial charge in [-0.25, -0.2) is 9.79 Å². The predicted octanol–water partition coefficient (Wildman–Crippen LogP) is 5.31. The number of halogens is 1. The summed E-state index contributed by atoms with van der Waals surface area (Å²) in [6, 6.07) is 24.1. The maximum atomic E-state index is 13.9. The highest BCUT2D eigenvalue weighted by Crippen LogP contribution is 2.35. The molecule has 1 aromatic heterocycles. The maximum Gasteiger partial charge on any atom is 0.338 e. The van der Waals surface area contributed by atoms with E-state index in [4.69, 9.17) is 21.3 Å². The third-order valence-corrected chi connectivity index (χ3v) is 8.07. The zero-order chi connectivity index (χ0) is 25.9. The predicted molar refractivity (Wildman–Crippen MR) is 151 cm³/mol. The molecule has 0 saturated heterocycles.